The Kier molecular flexibility index (Phi) is 11.4. The van der Waals surface area contributed by atoms with Gasteiger partial charge in [0.15, 0.2) is 5.96 Å². The third kappa shape index (κ3) is 8.49. The molecule has 0 saturated heterocycles. The molecule has 7 heteroatoms. The van der Waals surface area contributed by atoms with Crippen molar-refractivity contribution in [1.82, 2.24) is 10.6 Å². The maximum atomic E-state index is 10.4. The van der Waals surface area contributed by atoms with Gasteiger partial charge in [0.05, 0.1) is 13.2 Å². The summed E-state index contributed by atoms with van der Waals surface area (Å²) in [5, 5.41) is 19.0. The lowest BCUT2D eigenvalue weighted by atomic mass is 10.1. The van der Waals surface area contributed by atoms with E-state index in [0.717, 1.165) is 36.8 Å². The van der Waals surface area contributed by atoms with Gasteiger partial charge in [0.25, 0.3) is 0 Å². The average Bonchev–Trinajstić information content (AvgIpc) is 3.16. The van der Waals surface area contributed by atoms with E-state index in [1.807, 2.05) is 31.2 Å². The number of aliphatic imine (C=N–C) groups is 1. The first-order valence-electron chi connectivity index (χ1n) is 8.99. The van der Waals surface area contributed by atoms with Gasteiger partial charge in [-0.25, -0.2) is 0 Å². The first kappa shape index (κ1) is 23.7. The van der Waals surface area contributed by atoms with Gasteiger partial charge in [-0.05, 0) is 48.4 Å². The van der Waals surface area contributed by atoms with Crippen molar-refractivity contribution in [3.63, 3.8) is 0 Å². The quantitative estimate of drug-likeness (QED) is 0.277. The van der Waals surface area contributed by atoms with Gasteiger partial charge in [0, 0.05) is 24.5 Å². The molecule has 27 heavy (non-hydrogen) atoms. The monoisotopic (exact) mass is 503 g/mol. The van der Waals surface area contributed by atoms with E-state index in [-0.39, 0.29) is 24.0 Å². The average molecular weight is 503 g/mol. The van der Waals surface area contributed by atoms with Gasteiger partial charge in [-0.15, -0.1) is 35.3 Å². The summed E-state index contributed by atoms with van der Waals surface area (Å²) in [4.78, 5) is 6.04. The number of thiophene rings is 1. The molecule has 0 saturated carbocycles. The zero-order chi connectivity index (χ0) is 18.8. The number of halogens is 1. The zero-order valence-electron chi connectivity index (χ0n) is 16.1. The highest BCUT2D eigenvalue weighted by atomic mass is 127. The summed E-state index contributed by atoms with van der Waals surface area (Å²) in [5.41, 5.74) is 0.818. The molecule has 2 atom stereocenters. The predicted octanol–water partition coefficient (Wildman–Crippen LogP) is 3.84. The Bertz CT molecular complexity index is 680. The summed E-state index contributed by atoms with van der Waals surface area (Å²) in [6, 6.07) is 11.7. The number of hydrogen-bond acceptors (Lipinski definition) is 4. The van der Waals surface area contributed by atoms with Crippen molar-refractivity contribution in [3.05, 3.63) is 52.2 Å². The van der Waals surface area contributed by atoms with E-state index in [1.165, 1.54) is 4.88 Å². The minimum Gasteiger partial charge on any atom is -0.497 e. The van der Waals surface area contributed by atoms with Crippen LogP contribution in [0.25, 0.3) is 0 Å². The van der Waals surface area contributed by atoms with Crippen molar-refractivity contribution in [3.8, 4) is 5.75 Å². The lowest BCUT2D eigenvalue weighted by molar-refractivity contribution is 0.180. The Morgan fingerprint density at radius 2 is 2.07 bits per heavy atom. The van der Waals surface area contributed by atoms with Gasteiger partial charge in [0.2, 0.25) is 0 Å². The minimum atomic E-state index is -0.627. The van der Waals surface area contributed by atoms with Crippen LogP contribution in [0.5, 0.6) is 5.75 Å². The Morgan fingerprint density at radius 3 is 2.74 bits per heavy atom. The van der Waals surface area contributed by atoms with Crippen LogP contribution in [0, 0.1) is 5.92 Å². The molecular weight excluding hydrogens is 473 g/mol. The Balaban J connectivity index is 0.00000364. The number of aliphatic hydroxyl groups is 1. The van der Waals surface area contributed by atoms with Gasteiger partial charge in [0.1, 0.15) is 5.75 Å². The molecule has 2 aromatic rings. The lowest BCUT2D eigenvalue weighted by Crippen LogP contribution is -2.39. The highest BCUT2D eigenvalue weighted by Crippen LogP contribution is 2.18. The van der Waals surface area contributed by atoms with Gasteiger partial charge in [-0.3, -0.25) is 4.99 Å². The molecule has 0 aliphatic carbocycles. The second kappa shape index (κ2) is 13.0. The molecule has 0 aliphatic rings. The molecule has 1 aromatic carbocycles. The number of rotatable bonds is 9. The summed E-state index contributed by atoms with van der Waals surface area (Å²) in [6.07, 6.45) is 0.407. The third-order valence-electron chi connectivity index (χ3n) is 3.98. The normalized spacial score (nSPS) is 13.4. The molecule has 0 aliphatic heterocycles. The summed E-state index contributed by atoms with van der Waals surface area (Å²) < 4.78 is 5.21. The molecule has 3 N–H and O–H groups in total. The van der Waals surface area contributed by atoms with E-state index in [1.54, 1.807) is 18.4 Å². The topological polar surface area (TPSA) is 65.9 Å². The summed E-state index contributed by atoms with van der Waals surface area (Å²) in [6.45, 7) is 6.14. The number of benzene rings is 1. The maximum Gasteiger partial charge on any atom is 0.191 e. The highest BCUT2D eigenvalue weighted by molar-refractivity contribution is 14.0. The fraction of sp³-hybridized carbons (Fsp3) is 0.450. The Labute approximate surface area is 183 Å². The molecule has 2 unspecified atom stereocenters. The van der Waals surface area contributed by atoms with Crippen LogP contribution in [0.15, 0.2) is 46.8 Å². The third-order valence-corrected chi connectivity index (χ3v) is 4.88. The smallest absolute Gasteiger partial charge is 0.191 e. The molecule has 150 valence electrons. The van der Waals surface area contributed by atoms with Crippen LogP contribution >= 0.6 is 35.3 Å². The molecule has 5 nitrogen and oxygen atoms in total. The Morgan fingerprint density at radius 1 is 1.26 bits per heavy atom. The Hall–Kier alpha value is -1.32. The van der Waals surface area contributed by atoms with Crippen LogP contribution in [-0.4, -0.2) is 37.8 Å². The molecule has 0 bridgehead atoms. The van der Waals surface area contributed by atoms with Crippen molar-refractivity contribution >= 4 is 41.3 Å². The second-order valence-electron chi connectivity index (χ2n) is 6.28. The number of aliphatic hydroxyl groups excluding tert-OH is 1. The molecule has 2 rings (SSSR count). The lowest BCUT2D eigenvalue weighted by Gasteiger charge is -2.17. The zero-order valence-corrected chi connectivity index (χ0v) is 19.3. The van der Waals surface area contributed by atoms with Crippen molar-refractivity contribution in [1.29, 1.82) is 0 Å². The van der Waals surface area contributed by atoms with Gasteiger partial charge in [-0.2, -0.15) is 0 Å². The first-order chi connectivity index (χ1) is 12.6. The van der Waals surface area contributed by atoms with Crippen LogP contribution in [-0.2, 0) is 6.42 Å². The SMILES string of the molecule is CCNC(=NCC(C)Cc1cccs1)NCC(O)c1cccc(OC)c1.I. The second-order valence-corrected chi connectivity index (χ2v) is 7.31. The van der Waals surface area contributed by atoms with E-state index in [0.29, 0.717) is 12.5 Å². The van der Waals surface area contributed by atoms with Crippen molar-refractivity contribution < 1.29 is 9.84 Å². The molecule has 1 aromatic heterocycles. The maximum absolute atomic E-state index is 10.4. The van der Waals surface area contributed by atoms with Gasteiger partial charge >= 0.3 is 0 Å². The van der Waals surface area contributed by atoms with Crippen molar-refractivity contribution in [2.24, 2.45) is 10.9 Å². The standard InChI is InChI=1S/C20H29N3O2S.HI/c1-4-21-20(22-13-15(2)11-18-9-6-10-26-18)23-14-19(24)16-7-5-8-17(12-16)25-3;/h5-10,12,15,19,24H,4,11,13-14H2,1-3H3,(H2,21,22,23);1H. The highest BCUT2D eigenvalue weighted by Gasteiger charge is 2.10. The van der Waals surface area contributed by atoms with E-state index < -0.39 is 6.10 Å². The minimum absolute atomic E-state index is 0. The number of nitrogens with zero attached hydrogens (tertiary/aromatic N) is 1. The predicted molar refractivity (Wildman–Crippen MR) is 125 cm³/mol. The van der Waals surface area contributed by atoms with Crippen molar-refractivity contribution in [2.75, 3.05) is 26.7 Å². The number of guanidine groups is 1. The molecule has 0 amide bonds. The molecule has 0 spiro atoms. The van der Waals surface area contributed by atoms with Crippen LogP contribution in [0.2, 0.25) is 0 Å². The first-order valence-corrected chi connectivity index (χ1v) is 9.87. The van der Waals surface area contributed by atoms with E-state index in [4.69, 9.17) is 4.74 Å². The van der Waals surface area contributed by atoms with Crippen LogP contribution in [0.1, 0.15) is 30.4 Å². The molecular formula is C20H30IN3O2S. The number of methoxy groups -OCH3 is 1. The summed E-state index contributed by atoms with van der Waals surface area (Å²) >= 11 is 1.79. The van der Waals surface area contributed by atoms with Gasteiger partial charge in [-0.1, -0.05) is 25.1 Å². The van der Waals surface area contributed by atoms with Crippen molar-refractivity contribution in [2.45, 2.75) is 26.4 Å². The number of ether oxygens (including phenoxy) is 1. The molecule has 1 heterocycles. The fourth-order valence-electron chi connectivity index (χ4n) is 2.59. The fourth-order valence-corrected chi connectivity index (χ4v) is 3.46. The summed E-state index contributed by atoms with van der Waals surface area (Å²) in [7, 11) is 1.62. The molecule has 0 fully saturated rings. The van der Waals surface area contributed by atoms with E-state index >= 15 is 0 Å². The van der Waals surface area contributed by atoms with Crippen LogP contribution in [0.3, 0.4) is 0 Å². The van der Waals surface area contributed by atoms with Crippen LogP contribution < -0.4 is 15.4 Å². The van der Waals surface area contributed by atoms with E-state index in [9.17, 15) is 5.11 Å². The number of nitrogens with one attached hydrogen (secondary N) is 2. The summed E-state index contributed by atoms with van der Waals surface area (Å²) in [5.74, 6) is 1.93. The molecule has 0 radical (unpaired) electrons. The van der Waals surface area contributed by atoms with E-state index in [2.05, 4.69) is 40.1 Å². The largest absolute Gasteiger partial charge is 0.497 e. The number of hydrogen-bond donors (Lipinski definition) is 3. The van der Waals surface area contributed by atoms with Gasteiger partial charge < -0.3 is 20.5 Å². The van der Waals surface area contributed by atoms with Crippen LogP contribution in [0.4, 0.5) is 0 Å².